The molecule has 2 aromatic carbocycles. The van der Waals surface area contributed by atoms with Gasteiger partial charge in [0.1, 0.15) is 0 Å². The first kappa shape index (κ1) is 20.2. The maximum atomic E-state index is 11.9. The summed E-state index contributed by atoms with van der Waals surface area (Å²) in [5, 5.41) is 11.9. The van der Waals surface area contributed by atoms with Crippen LogP contribution >= 0.6 is 0 Å². The summed E-state index contributed by atoms with van der Waals surface area (Å²) < 4.78 is 0. The van der Waals surface area contributed by atoms with Crippen LogP contribution in [-0.4, -0.2) is 47.6 Å². The van der Waals surface area contributed by atoms with E-state index in [0.29, 0.717) is 11.8 Å². The molecule has 1 saturated carbocycles. The van der Waals surface area contributed by atoms with Crippen LogP contribution in [0, 0.1) is 11.8 Å². The van der Waals surface area contributed by atoms with Gasteiger partial charge in [-0.1, -0.05) is 54.6 Å². The maximum absolute atomic E-state index is 11.9. The van der Waals surface area contributed by atoms with Gasteiger partial charge < -0.3 is 10.0 Å². The molecular formula is C27H36N2O. The molecule has 3 nitrogen and oxygen atoms in total. The number of rotatable bonds is 6. The Morgan fingerprint density at radius 3 is 2.37 bits per heavy atom. The van der Waals surface area contributed by atoms with E-state index in [1.807, 2.05) is 0 Å². The molecule has 160 valence electrons. The minimum atomic E-state index is -0.665. The molecule has 0 spiro atoms. The fourth-order valence-corrected chi connectivity index (χ4v) is 6.20. The molecule has 2 aliphatic heterocycles. The molecule has 1 N–H and O–H groups in total. The third kappa shape index (κ3) is 4.21. The van der Waals surface area contributed by atoms with Crippen molar-refractivity contribution in [2.75, 3.05) is 32.7 Å². The highest BCUT2D eigenvalue weighted by atomic mass is 16.3. The fourth-order valence-electron chi connectivity index (χ4n) is 6.20. The molecule has 0 bridgehead atoms. The normalized spacial score (nSPS) is 29.9. The van der Waals surface area contributed by atoms with Gasteiger partial charge in [0.15, 0.2) is 0 Å². The average Bonchev–Trinajstić information content (AvgIpc) is 3.44. The predicted molar refractivity (Wildman–Crippen MR) is 122 cm³/mol. The second-order valence-electron chi connectivity index (χ2n) is 9.86. The zero-order valence-corrected chi connectivity index (χ0v) is 18.2. The number of hydrogen-bond donors (Lipinski definition) is 1. The Bertz CT molecular complexity index is 815. The predicted octanol–water partition coefficient (Wildman–Crippen LogP) is 4.44. The van der Waals surface area contributed by atoms with E-state index in [0.717, 1.165) is 44.5 Å². The average molecular weight is 405 g/mol. The van der Waals surface area contributed by atoms with Crippen LogP contribution in [0.1, 0.15) is 48.8 Å². The number of likely N-dealkylation sites (tertiary alicyclic amines) is 2. The van der Waals surface area contributed by atoms with Crippen molar-refractivity contribution in [1.29, 1.82) is 0 Å². The van der Waals surface area contributed by atoms with Gasteiger partial charge in [0.05, 0.1) is 5.60 Å². The molecule has 3 unspecified atom stereocenters. The summed E-state index contributed by atoms with van der Waals surface area (Å²) in [5.74, 6) is 0.965. The maximum Gasteiger partial charge on any atom is 0.0939 e. The summed E-state index contributed by atoms with van der Waals surface area (Å²) in [5.41, 5.74) is 3.26. The summed E-state index contributed by atoms with van der Waals surface area (Å²) in [6.07, 6.45) is 7.13. The largest absolute Gasteiger partial charge is 0.385 e. The summed E-state index contributed by atoms with van der Waals surface area (Å²) in [7, 11) is 0. The van der Waals surface area contributed by atoms with Crippen LogP contribution in [0.25, 0.3) is 0 Å². The van der Waals surface area contributed by atoms with Crippen molar-refractivity contribution in [3.05, 3.63) is 71.3 Å². The van der Waals surface area contributed by atoms with Crippen LogP contribution in [0.2, 0.25) is 0 Å². The van der Waals surface area contributed by atoms with E-state index >= 15 is 0 Å². The molecule has 2 heterocycles. The highest BCUT2D eigenvalue weighted by Crippen LogP contribution is 2.48. The van der Waals surface area contributed by atoms with Crippen molar-refractivity contribution in [3.8, 4) is 0 Å². The van der Waals surface area contributed by atoms with E-state index < -0.39 is 5.60 Å². The van der Waals surface area contributed by atoms with E-state index in [9.17, 15) is 5.11 Å². The molecule has 3 fully saturated rings. The minimum absolute atomic E-state index is 0.352. The molecule has 5 rings (SSSR count). The number of fused-ring (bicyclic) bond motifs is 1. The summed E-state index contributed by atoms with van der Waals surface area (Å²) in [6, 6.07) is 19.8. The van der Waals surface area contributed by atoms with Gasteiger partial charge in [-0.15, -0.1) is 0 Å². The molecule has 3 atom stereocenters. The molecule has 0 aromatic heterocycles. The number of hydrogen-bond acceptors (Lipinski definition) is 3. The van der Waals surface area contributed by atoms with Crippen molar-refractivity contribution in [2.24, 2.45) is 11.8 Å². The standard InChI is InChI=1S/C27H36N2O/c30-27(25-12-10-22(11-13-25)14-18-28-16-4-5-17-28)15-6-9-24-20-29(21-26(24)27)19-23-7-2-1-3-8-23/h1-3,7-8,10-13,24,26,30H,4-6,9,14-21H2. The topological polar surface area (TPSA) is 26.7 Å². The summed E-state index contributed by atoms with van der Waals surface area (Å²) >= 11 is 0. The van der Waals surface area contributed by atoms with Crippen molar-refractivity contribution < 1.29 is 5.11 Å². The van der Waals surface area contributed by atoms with Crippen LogP contribution in [0.5, 0.6) is 0 Å². The quantitative estimate of drug-likeness (QED) is 0.771. The lowest BCUT2D eigenvalue weighted by atomic mass is 9.67. The van der Waals surface area contributed by atoms with Gasteiger partial charge in [-0.2, -0.15) is 0 Å². The Balaban J connectivity index is 1.26. The van der Waals surface area contributed by atoms with Crippen molar-refractivity contribution in [2.45, 2.75) is 50.7 Å². The lowest BCUT2D eigenvalue weighted by Crippen LogP contribution is -2.42. The second-order valence-corrected chi connectivity index (χ2v) is 9.86. The molecule has 30 heavy (non-hydrogen) atoms. The Morgan fingerprint density at radius 1 is 0.833 bits per heavy atom. The zero-order valence-electron chi connectivity index (χ0n) is 18.2. The second kappa shape index (κ2) is 8.82. The molecule has 1 aliphatic carbocycles. The Morgan fingerprint density at radius 2 is 1.60 bits per heavy atom. The first-order chi connectivity index (χ1) is 14.7. The van der Waals surface area contributed by atoms with Gasteiger partial charge >= 0.3 is 0 Å². The monoisotopic (exact) mass is 404 g/mol. The molecule has 0 radical (unpaired) electrons. The Kier molecular flexibility index (Phi) is 5.95. The van der Waals surface area contributed by atoms with Gasteiger partial charge in [-0.25, -0.2) is 0 Å². The molecule has 2 saturated heterocycles. The van der Waals surface area contributed by atoms with Crippen LogP contribution in [0.4, 0.5) is 0 Å². The van der Waals surface area contributed by atoms with E-state index in [1.54, 1.807) is 0 Å². The third-order valence-corrected chi connectivity index (χ3v) is 7.88. The van der Waals surface area contributed by atoms with Crippen molar-refractivity contribution in [1.82, 2.24) is 9.80 Å². The molecular weight excluding hydrogens is 368 g/mol. The van der Waals surface area contributed by atoms with Gasteiger partial charge in [-0.05, 0) is 74.2 Å². The number of benzene rings is 2. The third-order valence-electron chi connectivity index (χ3n) is 7.88. The number of nitrogens with zero attached hydrogens (tertiary/aromatic N) is 2. The van der Waals surface area contributed by atoms with Crippen LogP contribution in [0.3, 0.4) is 0 Å². The lowest BCUT2D eigenvalue weighted by molar-refractivity contribution is -0.0648. The van der Waals surface area contributed by atoms with Gasteiger partial charge in [-0.3, -0.25) is 4.90 Å². The lowest BCUT2D eigenvalue weighted by Gasteiger charge is -2.41. The zero-order chi connectivity index (χ0) is 20.4. The van der Waals surface area contributed by atoms with Crippen molar-refractivity contribution in [3.63, 3.8) is 0 Å². The van der Waals surface area contributed by atoms with Gasteiger partial charge in [0.25, 0.3) is 0 Å². The Hall–Kier alpha value is -1.68. The SMILES string of the molecule is OC1(c2ccc(CCN3CCCC3)cc2)CCCC2CN(Cc3ccccc3)CC21. The summed E-state index contributed by atoms with van der Waals surface area (Å²) in [6.45, 7) is 6.82. The molecule has 0 amide bonds. The van der Waals surface area contributed by atoms with Crippen molar-refractivity contribution >= 4 is 0 Å². The summed E-state index contributed by atoms with van der Waals surface area (Å²) in [4.78, 5) is 5.14. The smallest absolute Gasteiger partial charge is 0.0939 e. The van der Waals surface area contributed by atoms with Crippen LogP contribution < -0.4 is 0 Å². The highest BCUT2D eigenvalue weighted by molar-refractivity contribution is 5.30. The first-order valence-corrected chi connectivity index (χ1v) is 12.0. The fraction of sp³-hybridized carbons (Fsp3) is 0.556. The minimum Gasteiger partial charge on any atom is -0.385 e. The van der Waals surface area contributed by atoms with E-state index in [1.165, 1.54) is 50.0 Å². The molecule has 3 aliphatic rings. The first-order valence-electron chi connectivity index (χ1n) is 12.0. The van der Waals surface area contributed by atoms with Crippen LogP contribution in [0.15, 0.2) is 54.6 Å². The molecule has 3 heteroatoms. The van der Waals surface area contributed by atoms with E-state index in [2.05, 4.69) is 64.4 Å². The highest BCUT2D eigenvalue weighted by Gasteiger charge is 2.49. The van der Waals surface area contributed by atoms with E-state index in [-0.39, 0.29) is 0 Å². The number of aliphatic hydroxyl groups is 1. The Labute approximate surface area is 181 Å². The van der Waals surface area contributed by atoms with Crippen LogP contribution in [-0.2, 0) is 18.6 Å². The van der Waals surface area contributed by atoms with Gasteiger partial charge in [0.2, 0.25) is 0 Å². The van der Waals surface area contributed by atoms with Gasteiger partial charge in [0, 0.05) is 32.1 Å². The van der Waals surface area contributed by atoms with E-state index in [4.69, 9.17) is 0 Å². The molecule has 2 aromatic rings.